The minimum Gasteiger partial charge on any atom is -0.478 e. The maximum Gasteiger partial charge on any atom is 0.410 e. The van der Waals surface area contributed by atoms with Crippen molar-refractivity contribution in [3.63, 3.8) is 0 Å². The molecule has 0 unspecified atom stereocenters. The number of amides is 1. The number of carboxylic acid groups (broad SMARTS) is 1. The molecule has 0 atom stereocenters. The Morgan fingerprint density at radius 2 is 1.81 bits per heavy atom. The van der Waals surface area contributed by atoms with E-state index in [1.54, 1.807) is 62.1 Å². The van der Waals surface area contributed by atoms with Gasteiger partial charge in [0.25, 0.3) is 0 Å². The third-order valence-electron chi connectivity index (χ3n) is 4.28. The number of benzene rings is 2. The van der Waals surface area contributed by atoms with Crippen molar-refractivity contribution in [2.24, 2.45) is 0 Å². The first-order chi connectivity index (χ1) is 12.7. The van der Waals surface area contributed by atoms with Crippen molar-refractivity contribution >= 4 is 12.1 Å². The van der Waals surface area contributed by atoms with Crippen molar-refractivity contribution in [2.75, 3.05) is 0 Å². The summed E-state index contributed by atoms with van der Waals surface area (Å²) in [4.78, 5) is 25.5. The maximum atomic E-state index is 12.4. The van der Waals surface area contributed by atoms with Gasteiger partial charge in [0.05, 0.1) is 23.7 Å². The van der Waals surface area contributed by atoms with E-state index in [-0.39, 0.29) is 5.56 Å². The number of fused-ring (bicyclic) bond motifs is 1. The Kier molecular flexibility index (Phi) is 4.63. The van der Waals surface area contributed by atoms with Crippen molar-refractivity contribution in [1.82, 2.24) is 4.90 Å². The fourth-order valence-electron chi connectivity index (χ4n) is 3.07. The molecule has 1 aliphatic rings. The average molecular weight is 364 g/mol. The van der Waals surface area contributed by atoms with Crippen LogP contribution in [0.15, 0.2) is 36.4 Å². The van der Waals surface area contributed by atoms with Crippen LogP contribution in [0.2, 0.25) is 0 Å². The molecule has 138 valence electrons. The number of carboxylic acids is 1. The van der Waals surface area contributed by atoms with Gasteiger partial charge >= 0.3 is 12.1 Å². The van der Waals surface area contributed by atoms with E-state index in [2.05, 4.69) is 6.07 Å². The first-order valence-electron chi connectivity index (χ1n) is 8.55. The number of rotatable bonds is 2. The molecule has 1 N–H and O–H groups in total. The SMILES string of the molecule is CC(C)(C)OC(=O)N1Cc2cc(C(=O)O)cc(-c3ccc(C#N)cc3)c2C1. The van der Waals surface area contributed by atoms with E-state index in [0.717, 1.165) is 22.3 Å². The van der Waals surface area contributed by atoms with Crippen LogP contribution in [0.4, 0.5) is 4.79 Å². The molecule has 27 heavy (non-hydrogen) atoms. The van der Waals surface area contributed by atoms with Gasteiger partial charge in [0.2, 0.25) is 0 Å². The molecule has 0 fully saturated rings. The summed E-state index contributed by atoms with van der Waals surface area (Å²) in [5, 5.41) is 18.4. The number of nitriles is 1. The van der Waals surface area contributed by atoms with Crippen LogP contribution in [0.3, 0.4) is 0 Å². The second-order valence-corrected chi connectivity index (χ2v) is 7.49. The molecule has 6 nitrogen and oxygen atoms in total. The highest BCUT2D eigenvalue weighted by molar-refractivity contribution is 5.91. The van der Waals surface area contributed by atoms with Gasteiger partial charge in [-0.15, -0.1) is 0 Å². The van der Waals surface area contributed by atoms with Crippen LogP contribution in [0.25, 0.3) is 11.1 Å². The minimum absolute atomic E-state index is 0.166. The Labute approximate surface area is 157 Å². The number of nitrogens with zero attached hydrogens (tertiary/aromatic N) is 2. The van der Waals surface area contributed by atoms with E-state index in [1.807, 2.05) is 0 Å². The minimum atomic E-state index is -1.02. The summed E-state index contributed by atoms with van der Waals surface area (Å²) in [5.74, 6) is -1.02. The first kappa shape index (κ1) is 18.5. The van der Waals surface area contributed by atoms with E-state index in [1.165, 1.54) is 0 Å². The highest BCUT2D eigenvalue weighted by atomic mass is 16.6. The van der Waals surface area contributed by atoms with Gasteiger partial charge < -0.3 is 9.84 Å². The normalized spacial score (nSPS) is 13.0. The molecule has 1 heterocycles. The predicted octanol–water partition coefficient (Wildman–Crippen LogP) is 4.17. The van der Waals surface area contributed by atoms with Gasteiger partial charge in [-0.3, -0.25) is 4.90 Å². The topological polar surface area (TPSA) is 90.6 Å². The van der Waals surface area contributed by atoms with Crippen LogP contribution in [0, 0.1) is 11.3 Å². The highest BCUT2D eigenvalue weighted by Gasteiger charge is 2.30. The van der Waals surface area contributed by atoms with Gasteiger partial charge in [0.1, 0.15) is 5.60 Å². The molecule has 2 aromatic rings. The van der Waals surface area contributed by atoms with Gasteiger partial charge in [0.15, 0.2) is 0 Å². The highest BCUT2D eigenvalue weighted by Crippen LogP contribution is 2.35. The second-order valence-electron chi connectivity index (χ2n) is 7.49. The van der Waals surface area contributed by atoms with Crippen LogP contribution in [0.5, 0.6) is 0 Å². The van der Waals surface area contributed by atoms with E-state index >= 15 is 0 Å². The largest absolute Gasteiger partial charge is 0.478 e. The molecule has 1 amide bonds. The third-order valence-corrected chi connectivity index (χ3v) is 4.28. The number of hydrogen-bond donors (Lipinski definition) is 1. The van der Waals surface area contributed by atoms with Crippen LogP contribution in [-0.4, -0.2) is 27.7 Å². The summed E-state index contributed by atoms with van der Waals surface area (Å²) in [7, 11) is 0. The zero-order valence-electron chi connectivity index (χ0n) is 15.4. The van der Waals surface area contributed by atoms with E-state index in [0.29, 0.717) is 18.7 Å². The number of aromatic carboxylic acids is 1. The summed E-state index contributed by atoms with van der Waals surface area (Å²) in [6, 6.07) is 12.2. The molecule has 1 aliphatic heterocycles. The van der Waals surface area contributed by atoms with Gasteiger partial charge in [-0.05, 0) is 67.3 Å². The number of carbonyl (C=O) groups excluding carboxylic acids is 1. The maximum absolute atomic E-state index is 12.4. The van der Waals surface area contributed by atoms with Crippen molar-refractivity contribution in [3.8, 4) is 17.2 Å². The molecular formula is C21H20N2O4. The lowest BCUT2D eigenvalue weighted by Crippen LogP contribution is -2.33. The number of carbonyl (C=O) groups is 2. The number of ether oxygens (including phenoxy) is 1. The predicted molar refractivity (Wildman–Crippen MR) is 99.0 cm³/mol. The summed E-state index contributed by atoms with van der Waals surface area (Å²) >= 11 is 0. The third kappa shape index (κ3) is 3.93. The van der Waals surface area contributed by atoms with Crippen molar-refractivity contribution in [1.29, 1.82) is 5.26 Å². The van der Waals surface area contributed by atoms with Crippen LogP contribution >= 0.6 is 0 Å². The molecule has 0 bridgehead atoms. The fourth-order valence-corrected chi connectivity index (χ4v) is 3.07. The van der Waals surface area contributed by atoms with Gasteiger partial charge in [0, 0.05) is 6.54 Å². The zero-order chi connectivity index (χ0) is 19.8. The van der Waals surface area contributed by atoms with Gasteiger partial charge in [-0.25, -0.2) is 9.59 Å². The molecule has 2 aromatic carbocycles. The summed E-state index contributed by atoms with van der Waals surface area (Å²) < 4.78 is 5.44. The second kappa shape index (κ2) is 6.76. The molecule has 0 saturated carbocycles. The standard InChI is InChI=1S/C21H20N2O4/c1-21(2,3)27-20(26)23-11-16-8-15(19(24)25)9-17(18(16)12-23)14-6-4-13(10-22)5-7-14/h4-9H,11-12H2,1-3H3,(H,24,25). The fraction of sp³-hybridized carbons (Fsp3) is 0.286. The van der Waals surface area contributed by atoms with E-state index < -0.39 is 17.7 Å². The Morgan fingerprint density at radius 3 is 2.37 bits per heavy atom. The molecule has 0 aliphatic carbocycles. The van der Waals surface area contributed by atoms with Crippen LogP contribution in [-0.2, 0) is 17.8 Å². The Balaban J connectivity index is 2.01. The molecule has 3 rings (SSSR count). The summed E-state index contributed by atoms with van der Waals surface area (Å²) in [5.41, 5.74) is 3.34. The summed E-state index contributed by atoms with van der Waals surface area (Å²) in [6.07, 6.45) is -0.429. The zero-order valence-corrected chi connectivity index (χ0v) is 15.4. The lowest BCUT2D eigenvalue weighted by atomic mass is 9.94. The Hall–Kier alpha value is -3.33. The molecular weight excluding hydrogens is 344 g/mol. The molecule has 0 aromatic heterocycles. The Morgan fingerprint density at radius 1 is 1.15 bits per heavy atom. The number of hydrogen-bond acceptors (Lipinski definition) is 4. The molecule has 0 saturated heterocycles. The van der Waals surface area contributed by atoms with Crippen molar-refractivity contribution in [2.45, 2.75) is 39.5 Å². The Bertz CT molecular complexity index is 950. The van der Waals surface area contributed by atoms with E-state index in [9.17, 15) is 14.7 Å². The van der Waals surface area contributed by atoms with Crippen LogP contribution in [0.1, 0.15) is 47.8 Å². The van der Waals surface area contributed by atoms with E-state index in [4.69, 9.17) is 10.00 Å². The lowest BCUT2D eigenvalue weighted by Gasteiger charge is -2.24. The quantitative estimate of drug-likeness (QED) is 0.863. The van der Waals surface area contributed by atoms with Gasteiger partial charge in [-0.2, -0.15) is 5.26 Å². The average Bonchev–Trinajstić information content (AvgIpc) is 3.04. The van der Waals surface area contributed by atoms with Crippen molar-refractivity contribution < 1.29 is 19.4 Å². The molecule has 0 spiro atoms. The monoisotopic (exact) mass is 364 g/mol. The molecule has 6 heteroatoms. The van der Waals surface area contributed by atoms with Gasteiger partial charge in [-0.1, -0.05) is 12.1 Å². The summed E-state index contributed by atoms with van der Waals surface area (Å²) in [6.45, 7) is 6.06. The van der Waals surface area contributed by atoms with Crippen LogP contribution < -0.4 is 0 Å². The van der Waals surface area contributed by atoms with Crippen molar-refractivity contribution in [3.05, 3.63) is 58.7 Å². The smallest absolute Gasteiger partial charge is 0.410 e. The first-order valence-corrected chi connectivity index (χ1v) is 8.55. The molecule has 0 radical (unpaired) electrons. The lowest BCUT2D eigenvalue weighted by molar-refractivity contribution is 0.0242.